The van der Waals surface area contributed by atoms with E-state index in [2.05, 4.69) is 61.2 Å². The van der Waals surface area contributed by atoms with Gasteiger partial charge in [-0.25, -0.2) is 4.98 Å². The van der Waals surface area contributed by atoms with Gasteiger partial charge in [-0.2, -0.15) is 0 Å². The van der Waals surface area contributed by atoms with Crippen molar-refractivity contribution in [1.82, 2.24) is 10.3 Å². The lowest BCUT2D eigenvalue weighted by atomic mass is 10.2. The highest BCUT2D eigenvalue weighted by Crippen LogP contribution is 2.09. The summed E-state index contributed by atoms with van der Waals surface area (Å²) in [5.41, 5.74) is 1.11. The van der Waals surface area contributed by atoms with E-state index < -0.39 is 0 Å². The van der Waals surface area contributed by atoms with Gasteiger partial charge in [0.1, 0.15) is 5.82 Å². The Morgan fingerprint density at radius 1 is 1.38 bits per heavy atom. The molecule has 3 heteroatoms. The molecule has 1 N–H and O–H groups in total. The molecule has 1 aromatic rings. The predicted molar refractivity (Wildman–Crippen MR) is 69.7 cm³/mol. The maximum atomic E-state index is 4.60. The van der Waals surface area contributed by atoms with E-state index in [0.29, 0.717) is 5.92 Å². The van der Waals surface area contributed by atoms with E-state index in [-0.39, 0.29) is 0 Å². The summed E-state index contributed by atoms with van der Waals surface area (Å²) in [6.07, 6.45) is 0. The fraction of sp³-hybridized carbons (Fsp3) is 0.615. The standard InChI is InChI=1S/C13H23N3/c1-5-16(4)13-8-6-7-12(15-13)10-14-9-11(2)3/h6-8,11,14H,5,9-10H2,1-4H3. The molecule has 0 atom stereocenters. The minimum absolute atomic E-state index is 0.682. The molecular formula is C13H23N3. The maximum absolute atomic E-state index is 4.60. The highest BCUT2D eigenvalue weighted by atomic mass is 15.2. The monoisotopic (exact) mass is 221 g/mol. The average molecular weight is 221 g/mol. The Bertz CT molecular complexity index is 310. The van der Waals surface area contributed by atoms with E-state index in [1.54, 1.807) is 0 Å². The summed E-state index contributed by atoms with van der Waals surface area (Å²) in [6.45, 7) is 9.42. The number of pyridine rings is 1. The van der Waals surface area contributed by atoms with Crippen LogP contribution in [-0.2, 0) is 6.54 Å². The summed E-state index contributed by atoms with van der Waals surface area (Å²) < 4.78 is 0. The van der Waals surface area contributed by atoms with Crippen LogP contribution in [0.5, 0.6) is 0 Å². The van der Waals surface area contributed by atoms with Crippen LogP contribution in [0.15, 0.2) is 18.2 Å². The number of anilines is 1. The van der Waals surface area contributed by atoms with Gasteiger partial charge in [0.25, 0.3) is 0 Å². The predicted octanol–water partition coefficient (Wildman–Crippen LogP) is 2.28. The Kier molecular flexibility index (Phi) is 5.26. The smallest absolute Gasteiger partial charge is 0.128 e. The number of aromatic nitrogens is 1. The molecule has 0 radical (unpaired) electrons. The fourth-order valence-electron chi connectivity index (χ4n) is 1.43. The third-order valence-corrected chi connectivity index (χ3v) is 2.52. The lowest BCUT2D eigenvalue weighted by Crippen LogP contribution is -2.21. The van der Waals surface area contributed by atoms with Crippen molar-refractivity contribution in [2.24, 2.45) is 5.92 Å². The second-order valence-corrected chi connectivity index (χ2v) is 4.53. The molecule has 1 aromatic heterocycles. The Morgan fingerprint density at radius 2 is 2.12 bits per heavy atom. The van der Waals surface area contributed by atoms with Gasteiger partial charge in [0, 0.05) is 20.1 Å². The van der Waals surface area contributed by atoms with E-state index >= 15 is 0 Å². The average Bonchev–Trinajstić information content (AvgIpc) is 2.28. The highest BCUT2D eigenvalue weighted by molar-refractivity contribution is 5.37. The van der Waals surface area contributed by atoms with E-state index in [9.17, 15) is 0 Å². The van der Waals surface area contributed by atoms with Gasteiger partial charge in [0.15, 0.2) is 0 Å². The Hall–Kier alpha value is -1.09. The van der Waals surface area contributed by atoms with Crippen LogP contribution in [0.4, 0.5) is 5.82 Å². The van der Waals surface area contributed by atoms with Crippen LogP contribution < -0.4 is 10.2 Å². The van der Waals surface area contributed by atoms with Crippen LogP contribution in [0.1, 0.15) is 26.5 Å². The van der Waals surface area contributed by atoms with E-state index in [1.807, 2.05) is 0 Å². The second kappa shape index (κ2) is 6.48. The number of nitrogens with zero attached hydrogens (tertiary/aromatic N) is 2. The Labute approximate surface area is 98.9 Å². The number of hydrogen-bond acceptors (Lipinski definition) is 3. The topological polar surface area (TPSA) is 28.2 Å². The third-order valence-electron chi connectivity index (χ3n) is 2.52. The van der Waals surface area contributed by atoms with Crippen LogP contribution in [0.25, 0.3) is 0 Å². The van der Waals surface area contributed by atoms with Gasteiger partial charge in [-0.1, -0.05) is 19.9 Å². The highest BCUT2D eigenvalue weighted by Gasteiger charge is 2.01. The van der Waals surface area contributed by atoms with Gasteiger partial charge in [0.05, 0.1) is 5.69 Å². The van der Waals surface area contributed by atoms with E-state index in [1.165, 1.54) is 0 Å². The van der Waals surface area contributed by atoms with Gasteiger partial charge in [0.2, 0.25) is 0 Å². The molecule has 3 nitrogen and oxygen atoms in total. The first-order valence-corrected chi connectivity index (χ1v) is 6.01. The summed E-state index contributed by atoms with van der Waals surface area (Å²) >= 11 is 0. The van der Waals surface area contributed by atoms with Crippen molar-refractivity contribution in [2.75, 3.05) is 25.0 Å². The van der Waals surface area contributed by atoms with Gasteiger partial charge in [-0.3, -0.25) is 0 Å². The van der Waals surface area contributed by atoms with Crippen molar-refractivity contribution >= 4 is 5.82 Å². The van der Waals surface area contributed by atoms with Gasteiger partial charge in [-0.05, 0) is 31.5 Å². The van der Waals surface area contributed by atoms with Gasteiger partial charge >= 0.3 is 0 Å². The number of hydrogen-bond donors (Lipinski definition) is 1. The minimum Gasteiger partial charge on any atom is -0.360 e. The lowest BCUT2D eigenvalue weighted by Gasteiger charge is -2.16. The minimum atomic E-state index is 0.682. The Morgan fingerprint density at radius 3 is 2.75 bits per heavy atom. The number of nitrogens with one attached hydrogen (secondary N) is 1. The van der Waals surface area contributed by atoms with Crippen molar-refractivity contribution in [3.63, 3.8) is 0 Å². The van der Waals surface area contributed by atoms with Crippen molar-refractivity contribution in [3.8, 4) is 0 Å². The molecule has 16 heavy (non-hydrogen) atoms. The largest absolute Gasteiger partial charge is 0.360 e. The van der Waals surface area contributed by atoms with Crippen LogP contribution >= 0.6 is 0 Å². The van der Waals surface area contributed by atoms with Crippen LogP contribution in [0.2, 0.25) is 0 Å². The molecule has 0 amide bonds. The summed E-state index contributed by atoms with van der Waals surface area (Å²) in [7, 11) is 2.06. The van der Waals surface area contributed by atoms with Crippen LogP contribution in [0, 0.1) is 5.92 Å². The molecule has 0 aliphatic carbocycles. The zero-order valence-corrected chi connectivity index (χ0v) is 10.8. The lowest BCUT2D eigenvalue weighted by molar-refractivity contribution is 0.548. The zero-order valence-electron chi connectivity index (χ0n) is 10.8. The molecule has 0 unspecified atom stereocenters. The van der Waals surface area contributed by atoms with Crippen molar-refractivity contribution < 1.29 is 0 Å². The van der Waals surface area contributed by atoms with Crippen molar-refractivity contribution in [3.05, 3.63) is 23.9 Å². The summed E-state index contributed by atoms with van der Waals surface area (Å²) in [5.74, 6) is 1.73. The molecule has 0 spiro atoms. The Balaban J connectivity index is 2.54. The first kappa shape index (κ1) is 13.0. The normalized spacial score (nSPS) is 10.8. The third kappa shape index (κ3) is 4.19. The second-order valence-electron chi connectivity index (χ2n) is 4.53. The van der Waals surface area contributed by atoms with Crippen molar-refractivity contribution in [2.45, 2.75) is 27.3 Å². The van der Waals surface area contributed by atoms with E-state index in [4.69, 9.17) is 0 Å². The molecule has 0 saturated carbocycles. The number of rotatable bonds is 6. The quantitative estimate of drug-likeness (QED) is 0.799. The molecule has 0 aromatic carbocycles. The molecule has 1 rings (SSSR count). The summed E-state index contributed by atoms with van der Waals surface area (Å²) in [5, 5.41) is 3.40. The fourth-order valence-corrected chi connectivity index (χ4v) is 1.43. The first-order valence-electron chi connectivity index (χ1n) is 6.01. The van der Waals surface area contributed by atoms with Crippen LogP contribution in [-0.4, -0.2) is 25.1 Å². The molecular weight excluding hydrogens is 198 g/mol. The molecule has 0 aliphatic rings. The van der Waals surface area contributed by atoms with Crippen molar-refractivity contribution in [1.29, 1.82) is 0 Å². The molecule has 0 aliphatic heterocycles. The molecule has 0 bridgehead atoms. The maximum Gasteiger partial charge on any atom is 0.128 e. The summed E-state index contributed by atoms with van der Waals surface area (Å²) in [4.78, 5) is 6.75. The zero-order chi connectivity index (χ0) is 12.0. The molecule has 0 fully saturated rings. The SMILES string of the molecule is CCN(C)c1cccc(CNCC(C)C)n1. The van der Waals surface area contributed by atoms with Gasteiger partial charge < -0.3 is 10.2 Å². The van der Waals surface area contributed by atoms with Crippen LogP contribution in [0.3, 0.4) is 0 Å². The molecule has 0 saturated heterocycles. The molecule has 1 heterocycles. The first-order chi connectivity index (χ1) is 7.63. The van der Waals surface area contributed by atoms with E-state index in [0.717, 1.165) is 31.1 Å². The van der Waals surface area contributed by atoms with Gasteiger partial charge in [-0.15, -0.1) is 0 Å². The summed E-state index contributed by atoms with van der Waals surface area (Å²) in [6, 6.07) is 6.19. The molecule has 90 valence electrons.